The molecule has 90 valence electrons. The smallest absolute Gasteiger partial charge is 0.128 e. The molecule has 0 saturated heterocycles. The molecular formula is C12H21N3O. The molecule has 0 amide bonds. The molecule has 1 aromatic heterocycles. The van der Waals surface area contributed by atoms with E-state index in [1.807, 2.05) is 0 Å². The van der Waals surface area contributed by atoms with Crippen molar-refractivity contribution >= 4 is 11.5 Å². The topological polar surface area (TPSA) is 71.2 Å². The Morgan fingerprint density at radius 2 is 2.12 bits per heavy atom. The summed E-state index contributed by atoms with van der Waals surface area (Å²) in [4.78, 5) is 4.12. The lowest BCUT2D eigenvalue weighted by molar-refractivity contribution is 0.114. The van der Waals surface area contributed by atoms with Crippen molar-refractivity contribution in [3.05, 3.63) is 18.3 Å². The van der Waals surface area contributed by atoms with Gasteiger partial charge in [0.1, 0.15) is 5.82 Å². The number of hydrogen-bond donors (Lipinski definition) is 3. The van der Waals surface area contributed by atoms with E-state index in [2.05, 4.69) is 24.1 Å². The second kappa shape index (κ2) is 6.33. The Balaban J connectivity index is 2.45. The minimum Gasteiger partial charge on any atom is -0.399 e. The molecule has 0 saturated carbocycles. The number of nitrogens with one attached hydrogen (secondary N) is 1. The molecule has 0 aliphatic carbocycles. The first-order valence-corrected chi connectivity index (χ1v) is 5.80. The van der Waals surface area contributed by atoms with Crippen LogP contribution in [0.4, 0.5) is 11.5 Å². The zero-order valence-corrected chi connectivity index (χ0v) is 9.98. The fourth-order valence-corrected chi connectivity index (χ4v) is 1.75. The lowest BCUT2D eigenvalue weighted by Crippen LogP contribution is -2.27. The van der Waals surface area contributed by atoms with Crippen LogP contribution in [-0.4, -0.2) is 22.7 Å². The predicted molar refractivity (Wildman–Crippen MR) is 67.2 cm³/mol. The Labute approximate surface area is 96.9 Å². The van der Waals surface area contributed by atoms with Crippen molar-refractivity contribution in [2.45, 2.75) is 32.8 Å². The second-order valence-corrected chi connectivity index (χ2v) is 4.00. The SMILES string of the molecule is CCC(CC)C(O)CNc1cc(N)ccn1. The maximum Gasteiger partial charge on any atom is 0.128 e. The summed E-state index contributed by atoms with van der Waals surface area (Å²) in [6.07, 6.45) is 3.30. The molecule has 4 N–H and O–H groups in total. The van der Waals surface area contributed by atoms with E-state index in [1.54, 1.807) is 18.3 Å². The molecule has 0 spiro atoms. The van der Waals surface area contributed by atoms with Crippen LogP contribution in [0.2, 0.25) is 0 Å². The molecule has 1 rings (SSSR count). The average molecular weight is 223 g/mol. The highest BCUT2D eigenvalue weighted by molar-refractivity contribution is 5.48. The highest BCUT2D eigenvalue weighted by Gasteiger charge is 2.14. The summed E-state index contributed by atoms with van der Waals surface area (Å²) in [6, 6.07) is 3.50. The van der Waals surface area contributed by atoms with Crippen LogP contribution in [0.3, 0.4) is 0 Å². The van der Waals surface area contributed by atoms with Gasteiger partial charge in [-0.3, -0.25) is 0 Å². The van der Waals surface area contributed by atoms with Crippen LogP contribution < -0.4 is 11.1 Å². The number of aliphatic hydroxyl groups excluding tert-OH is 1. The molecule has 0 aliphatic heterocycles. The molecule has 16 heavy (non-hydrogen) atoms. The Bertz CT molecular complexity index is 313. The molecular weight excluding hydrogens is 202 g/mol. The van der Waals surface area contributed by atoms with E-state index in [1.165, 1.54) is 0 Å². The van der Waals surface area contributed by atoms with Gasteiger partial charge in [-0.2, -0.15) is 0 Å². The highest BCUT2D eigenvalue weighted by atomic mass is 16.3. The Morgan fingerprint density at radius 3 is 2.69 bits per heavy atom. The molecule has 1 atom stereocenters. The van der Waals surface area contributed by atoms with E-state index < -0.39 is 0 Å². The van der Waals surface area contributed by atoms with E-state index in [-0.39, 0.29) is 6.10 Å². The Morgan fingerprint density at radius 1 is 1.44 bits per heavy atom. The van der Waals surface area contributed by atoms with Crippen molar-refractivity contribution in [2.24, 2.45) is 5.92 Å². The monoisotopic (exact) mass is 223 g/mol. The first-order valence-electron chi connectivity index (χ1n) is 5.80. The van der Waals surface area contributed by atoms with Gasteiger partial charge in [-0.05, 0) is 12.0 Å². The van der Waals surface area contributed by atoms with Gasteiger partial charge >= 0.3 is 0 Å². The van der Waals surface area contributed by atoms with Crippen LogP contribution in [0.25, 0.3) is 0 Å². The molecule has 0 fully saturated rings. The first kappa shape index (κ1) is 12.8. The first-order chi connectivity index (χ1) is 7.67. The summed E-state index contributed by atoms with van der Waals surface area (Å²) in [5.74, 6) is 1.05. The van der Waals surface area contributed by atoms with Crippen molar-refractivity contribution < 1.29 is 5.11 Å². The lowest BCUT2D eigenvalue weighted by atomic mass is 9.97. The van der Waals surface area contributed by atoms with Crippen LogP contribution in [0.1, 0.15) is 26.7 Å². The minimum atomic E-state index is -0.335. The number of nitrogens with zero attached hydrogens (tertiary/aromatic N) is 1. The molecule has 0 aliphatic rings. The molecule has 0 bridgehead atoms. The Kier molecular flexibility index (Phi) is 5.05. The summed E-state index contributed by atoms with van der Waals surface area (Å²) in [6.45, 7) is 4.70. The molecule has 4 heteroatoms. The number of rotatable bonds is 6. The summed E-state index contributed by atoms with van der Waals surface area (Å²) < 4.78 is 0. The van der Waals surface area contributed by atoms with Crippen LogP contribution in [-0.2, 0) is 0 Å². The van der Waals surface area contributed by atoms with Gasteiger partial charge in [-0.25, -0.2) is 4.98 Å². The van der Waals surface area contributed by atoms with Crippen molar-refractivity contribution in [1.29, 1.82) is 0 Å². The number of hydrogen-bond acceptors (Lipinski definition) is 4. The third kappa shape index (κ3) is 3.70. The van der Waals surface area contributed by atoms with Gasteiger partial charge < -0.3 is 16.2 Å². The number of pyridine rings is 1. The van der Waals surface area contributed by atoms with Gasteiger partial charge in [0.2, 0.25) is 0 Å². The van der Waals surface area contributed by atoms with Crippen molar-refractivity contribution in [3.8, 4) is 0 Å². The summed E-state index contributed by atoms with van der Waals surface area (Å²) in [5, 5.41) is 13.0. The van der Waals surface area contributed by atoms with Crippen molar-refractivity contribution in [3.63, 3.8) is 0 Å². The molecule has 4 nitrogen and oxygen atoms in total. The van der Waals surface area contributed by atoms with Gasteiger partial charge in [0, 0.05) is 24.5 Å². The standard InChI is InChI=1S/C12H21N3O/c1-3-9(4-2)11(16)8-15-12-7-10(13)5-6-14-12/h5-7,9,11,16H,3-4,8H2,1-2H3,(H3,13,14,15). The maximum atomic E-state index is 9.92. The molecule has 1 unspecified atom stereocenters. The fraction of sp³-hybridized carbons (Fsp3) is 0.583. The number of nitrogen functional groups attached to an aromatic ring is 1. The van der Waals surface area contributed by atoms with Crippen molar-refractivity contribution in [1.82, 2.24) is 4.98 Å². The maximum absolute atomic E-state index is 9.92. The van der Waals surface area contributed by atoms with Crippen LogP contribution in [0.5, 0.6) is 0 Å². The van der Waals surface area contributed by atoms with E-state index in [4.69, 9.17) is 5.73 Å². The largest absolute Gasteiger partial charge is 0.399 e. The highest BCUT2D eigenvalue weighted by Crippen LogP contribution is 2.14. The predicted octanol–water partition coefficient (Wildman–Crippen LogP) is 1.87. The molecule has 0 aromatic carbocycles. The number of aliphatic hydroxyl groups is 1. The number of nitrogens with two attached hydrogens (primary N) is 1. The normalized spacial score (nSPS) is 12.8. The van der Waals surface area contributed by atoms with E-state index in [0.29, 0.717) is 24.0 Å². The van der Waals surface area contributed by atoms with Gasteiger partial charge in [-0.15, -0.1) is 0 Å². The van der Waals surface area contributed by atoms with E-state index >= 15 is 0 Å². The van der Waals surface area contributed by atoms with Gasteiger partial charge in [0.15, 0.2) is 0 Å². The fourth-order valence-electron chi connectivity index (χ4n) is 1.75. The minimum absolute atomic E-state index is 0.335. The van der Waals surface area contributed by atoms with E-state index in [0.717, 1.165) is 12.8 Å². The van der Waals surface area contributed by atoms with Gasteiger partial charge in [-0.1, -0.05) is 26.7 Å². The average Bonchev–Trinajstić information content (AvgIpc) is 2.28. The molecule has 1 heterocycles. The zero-order chi connectivity index (χ0) is 12.0. The van der Waals surface area contributed by atoms with Crippen molar-refractivity contribution in [2.75, 3.05) is 17.6 Å². The van der Waals surface area contributed by atoms with Crippen LogP contribution >= 0.6 is 0 Å². The van der Waals surface area contributed by atoms with Crippen LogP contribution in [0.15, 0.2) is 18.3 Å². The van der Waals surface area contributed by atoms with Gasteiger partial charge in [0.25, 0.3) is 0 Å². The van der Waals surface area contributed by atoms with E-state index in [9.17, 15) is 5.11 Å². The zero-order valence-electron chi connectivity index (χ0n) is 9.98. The van der Waals surface area contributed by atoms with Gasteiger partial charge in [0.05, 0.1) is 6.10 Å². The second-order valence-electron chi connectivity index (χ2n) is 4.00. The third-order valence-corrected chi connectivity index (χ3v) is 2.87. The summed E-state index contributed by atoms with van der Waals surface area (Å²) in [7, 11) is 0. The van der Waals surface area contributed by atoms with Crippen LogP contribution in [0, 0.1) is 5.92 Å². The molecule has 1 aromatic rings. The quantitative estimate of drug-likeness (QED) is 0.688. The summed E-state index contributed by atoms with van der Waals surface area (Å²) in [5.41, 5.74) is 6.31. The lowest BCUT2D eigenvalue weighted by Gasteiger charge is -2.20. The number of anilines is 2. The molecule has 0 radical (unpaired) electrons. The summed E-state index contributed by atoms with van der Waals surface area (Å²) >= 11 is 0. The Hall–Kier alpha value is -1.29. The number of aromatic nitrogens is 1. The third-order valence-electron chi connectivity index (χ3n) is 2.87.